The first-order valence-corrected chi connectivity index (χ1v) is 9.05. The number of aliphatic hydroxyl groups is 1. The first-order valence-electron chi connectivity index (χ1n) is 9.05. The van der Waals surface area contributed by atoms with Crippen molar-refractivity contribution in [3.63, 3.8) is 0 Å². The predicted octanol–water partition coefficient (Wildman–Crippen LogP) is 2.45. The summed E-state index contributed by atoms with van der Waals surface area (Å²) in [6, 6.07) is 0. The van der Waals surface area contributed by atoms with Crippen molar-refractivity contribution in [1.29, 1.82) is 0 Å². The number of aliphatic hydroxyl groups excluding tert-OH is 1. The summed E-state index contributed by atoms with van der Waals surface area (Å²) in [5, 5.41) is 17.1. The van der Waals surface area contributed by atoms with Crippen LogP contribution in [0.1, 0.15) is 57.1 Å². The topological polar surface area (TPSA) is 54.2 Å². The minimum atomic E-state index is -0.0159. The van der Waals surface area contributed by atoms with Crippen LogP contribution in [0.15, 0.2) is 6.20 Å². The van der Waals surface area contributed by atoms with Gasteiger partial charge in [0, 0.05) is 13.1 Å². The number of likely N-dealkylation sites (tertiary alicyclic amines) is 1. The van der Waals surface area contributed by atoms with Crippen molar-refractivity contribution in [1.82, 2.24) is 19.9 Å². The summed E-state index contributed by atoms with van der Waals surface area (Å²) in [4.78, 5) is 2.65. The van der Waals surface area contributed by atoms with Crippen molar-refractivity contribution in [3.8, 4) is 0 Å². The molecule has 0 spiro atoms. The van der Waals surface area contributed by atoms with Gasteiger partial charge in [-0.25, -0.2) is 0 Å². The maximum absolute atomic E-state index is 9.06. The third kappa shape index (κ3) is 4.53. The fourth-order valence-corrected chi connectivity index (χ4v) is 4.17. The predicted molar refractivity (Wildman–Crippen MR) is 86.3 cm³/mol. The Hall–Kier alpha value is -0.940. The van der Waals surface area contributed by atoms with E-state index in [1.54, 1.807) is 0 Å². The average molecular weight is 306 g/mol. The van der Waals surface area contributed by atoms with Crippen LogP contribution in [0.4, 0.5) is 0 Å². The largest absolute Gasteiger partial charge is 0.390 e. The molecule has 0 radical (unpaired) electrons. The highest BCUT2D eigenvalue weighted by Gasteiger charge is 2.21. The van der Waals surface area contributed by atoms with Gasteiger partial charge in [-0.15, -0.1) is 5.10 Å². The summed E-state index contributed by atoms with van der Waals surface area (Å²) in [5.74, 6) is 1.70. The van der Waals surface area contributed by atoms with Gasteiger partial charge in [0.25, 0.3) is 0 Å². The Morgan fingerprint density at radius 1 is 1.14 bits per heavy atom. The lowest BCUT2D eigenvalue weighted by atomic mass is 9.97. The third-order valence-electron chi connectivity index (χ3n) is 5.36. The van der Waals surface area contributed by atoms with E-state index in [0.29, 0.717) is 11.6 Å². The molecule has 1 N–H and O–H groups in total. The molecule has 0 unspecified atom stereocenters. The van der Waals surface area contributed by atoms with Crippen LogP contribution in [0, 0.1) is 11.8 Å². The van der Waals surface area contributed by atoms with Crippen LogP contribution < -0.4 is 0 Å². The fourth-order valence-electron chi connectivity index (χ4n) is 4.17. The Morgan fingerprint density at radius 3 is 2.73 bits per heavy atom. The highest BCUT2D eigenvalue weighted by Crippen LogP contribution is 2.28. The summed E-state index contributed by atoms with van der Waals surface area (Å²) in [7, 11) is 0. The first kappa shape index (κ1) is 15.9. The van der Waals surface area contributed by atoms with Crippen LogP contribution >= 0.6 is 0 Å². The lowest BCUT2D eigenvalue weighted by Gasteiger charge is -2.32. The van der Waals surface area contributed by atoms with Crippen molar-refractivity contribution in [2.24, 2.45) is 11.8 Å². The van der Waals surface area contributed by atoms with E-state index in [1.165, 1.54) is 71.0 Å². The van der Waals surface area contributed by atoms with E-state index in [9.17, 15) is 0 Å². The summed E-state index contributed by atoms with van der Waals surface area (Å²) in [5.41, 5.74) is 0.671. The SMILES string of the molecule is OCc1cn(C[C@H]2CCCN(CCCC3CCCC3)C2)nn1. The van der Waals surface area contributed by atoms with Gasteiger partial charge in [0.05, 0.1) is 12.8 Å². The van der Waals surface area contributed by atoms with Crippen molar-refractivity contribution in [3.05, 3.63) is 11.9 Å². The molecule has 124 valence electrons. The van der Waals surface area contributed by atoms with Gasteiger partial charge >= 0.3 is 0 Å². The molecular weight excluding hydrogens is 276 g/mol. The lowest BCUT2D eigenvalue weighted by Crippen LogP contribution is -2.37. The average Bonchev–Trinajstić information content (AvgIpc) is 3.19. The maximum Gasteiger partial charge on any atom is 0.108 e. The Balaban J connectivity index is 1.38. The minimum absolute atomic E-state index is 0.0159. The molecule has 1 aliphatic heterocycles. The zero-order valence-corrected chi connectivity index (χ0v) is 13.7. The van der Waals surface area contributed by atoms with Crippen LogP contribution in [0.2, 0.25) is 0 Å². The molecule has 5 heteroatoms. The second-order valence-electron chi connectivity index (χ2n) is 7.19. The van der Waals surface area contributed by atoms with E-state index in [2.05, 4.69) is 15.2 Å². The van der Waals surface area contributed by atoms with Gasteiger partial charge < -0.3 is 10.0 Å². The molecule has 2 aliphatic rings. The zero-order chi connectivity index (χ0) is 15.2. The van der Waals surface area contributed by atoms with Crippen molar-refractivity contribution < 1.29 is 5.11 Å². The summed E-state index contributed by atoms with van der Waals surface area (Å²) in [6.45, 7) is 4.65. The molecule has 22 heavy (non-hydrogen) atoms. The van der Waals surface area contributed by atoms with Gasteiger partial charge in [-0.2, -0.15) is 0 Å². The van der Waals surface area contributed by atoms with E-state index in [1.807, 2.05) is 10.9 Å². The highest BCUT2D eigenvalue weighted by atomic mass is 16.3. The normalized spacial score (nSPS) is 24.1. The number of hydrogen-bond donors (Lipinski definition) is 1. The quantitative estimate of drug-likeness (QED) is 0.841. The molecule has 0 aromatic carbocycles. The fraction of sp³-hybridized carbons (Fsp3) is 0.882. The van der Waals surface area contributed by atoms with Gasteiger partial charge in [0.15, 0.2) is 0 Å². The number of hydrogen-bond acceptors (Lipinski definition) is 4. The van der Waals surface area contributed by atoms with Crippen molar-refractivity contribution >= 4 is 0 Å². The van der Waals surface area contributed by atoms with Gasteiger partial charge in [0.2, 0.25) is 0 Å². The van der Waals surface area contributed by atoms with Crippen LogP contribution in [-0.4, -0.2) is 44.6 Å². The van der Waals surface area contributed by atoms with Crippen molar-refractivity contribution in [2.45, 2.75) is 64.5 Å². The Morgan fingerprint density at radius 2 is 1.95 bits per heavy atom. The van der Waals surface area contributed by atoms with Crippen LogP contribution in [0.5, 0.6) is 0 Å². The van der Waals surface area contributed by atoms with Gasteiger partial charge in [0.1, 0.15) is 5.69 Å². The zero-order valence-electron chi connectivity index (χ0n) is 13.7. The number of nitrogens with zero attached hydrogens (tertiary/aromatic N) is 4. The third-order valence-corrected chi connectivity index (χ3v) is 5.36. The van der Waals surface area contributed by atoms with E-state index in [-0.39, 0.29) is 6.61 Å². The summed E-state index contributed by atoms with van der Waals surface area (Å²) >= 11 is 0. The van der Waals surface area contributed by atoms with Crippen LogP contribution in [0.25, 0.3) is 0 Å². The van der Waals surface area contributed by atoms with E-state index in [0.717, 1.165) is 12.5 Å². The van der Waals surface area contributed by atoms with Crippen LogP contribution in [0.3, 0.4) is 0 Å². The molecule has 1 saturated heterocycles. The molecule has 0 bridgehead atoms. The minimum Gasteiger partial charge on any atom is -0.390 e. The molecular formula is C17H30N4O. The molecule has 1 aliphatic carbocycles. The Labute approximate surface area is 133 Å². The van der Waals surface area contributed by atoms with Gasteiger partial charge in [-0.05, 0) is 50.6 Å². The molecule has 1 aromatic heterocycles. The van der Waals surface area contributed by atoms with E-state index >= 15 is 0 Å². The Bertz CT molecular complexity index is 442. The second-order valence-corrected chi connectivity index (χ2v) is 7.19. The standard InChI is InChI=1S/C17H30N4O/c22-14-17-13-21(19-18-17)12-16-8-4-10-20(11-16)9-3-7-15-5-1-2-6-15/h13,15-16,22H,1-12,14H2/t16-/m0/s1. The molecule has 5 nitrogen and oxygen atoms in total. The monoisotopic (exact) mass is 306 g/mol. The summed E-state index contributed by atoms with van der Waals surface area (Å²) in [6.07, 6.45) is 13.1. The number of aromatic nitrogens is 3. The first-order chi connectivity index (χ1) is 10.8. The Kier molecular flexibility index (Phi) is 5.84. The second kappa shape index (κ2) is 8.06. The maximum atomic E-state index is 9.06. The molecule has 2 fully saturated rings. The van der Waals surface area contributed by atoms with E-state index in [4.69, 9.17) is 5.11 Å². The molecule has 2 heterocycles. The van der Waals surface area contributed by atoms with Crippen molar-refractivity contribution in [2.75, 3.05) is 19.6 Å². The smallest absolute Gasteiger partial charge is 0.108 e. The summed E-state index contributed by atoms with van der Waals surface area (Å²) < 4.78 is 1.90. The molecule has 1 aromatic rings. The molecule has 3 rings (SSSR count). The van der Waals surface area contributed by atoms with Gasteiger partial charge in [-0.3, -0.25) is 4.68 Å². The van der Waals surface area contributed by atoms with Gasteiger partial charge in [-0.1, -0.05) is 30.9 Å². The van der Waals surface area contributed by atoms with E-state index < -0.39 is 0 Å². The molecule has 0 amide bonds. The lowest BCUT2D eigenvalue weighted by molar-refractivity contribution is 0.155. The molecule has 1 saturated carbocycles. The number of rotatable bonds is 7. The van der Waals surface area contributed by atoms with Crippen LogP contribution in [-0.2, 0) is 13.2 Å². The number of piperidine rings is 1. The highest BCUT2D eigenvalue weighted by molar-refractivity contribution is 4.89. The molecule has 1 atom stereocenters.